The number of nitrogens with two attached hydrogens (primary N) is 1. The normalized spacial score (nSPS) is 10.3. The Labute approximate surface area is 142 Å². The first-order valence-corrected chi connectivity index (χ1v) is 8.08. The van der Waals surface area contributed by atoms with Gasteiger partial charge in [0.05, 0.1) is 18.9 Å². The van der Waals surface area contributed by atoms with Crippen LogP contribution in [0.2, 0.25) is 0 Å². The quantitative estimate of drug-likeness (QED) is 0.503. The monoisotopic (exact) mass is 319 g/mol. The van der Waals surface area contributed by atoms with Crippen LogP contribution in [0.25, 0.3) is 11.1 Å². The molecule has 3 aromatic carbocycles. The molecule has 2 N–H and O–H groups in total. The number of rotatable bonds is 7. The van der Waals surface area contributed by atoms with Crippen molar-refractivity contribution in [2.75, 3.05) is 18.9 Å². The van der Waals surface area contributed by atoms with Gasteiger partial charge in [-0.05, 0) is 35.4 Å². The Balaban J connectivity index is 1.43. The molecule has 24 heavy (non-hydrogen) atoms. The summed E-state index contributed by atoms with van der Waals surface area (Å²) >= 11 is 0. The van der Waals surface area contributed by atoms with Crippen molar-refractivity contribution in [3.63, 3.8) is 0 Å². The molecule has 0 saturated heterocycles. The molecule has 0 bridgehead atoms. The third-order valence-corrected chi connectivity index (χ3v) is 3.70. The predicted molar refractivity (Wildman–Crippen MR) is 98.3 cm³/mol. The van der Waals surface area contributed by atoms with Gasteiger partial charge < -0.3 is 15.2 Å². The van der Waals surface area contributed by atoms with E-state index in [0.29, 0.717) is 18.9 Å². The lowest BCUT2D eigenvalue weighted by atomic mass is 10.1. The molecule has 3 rings (SSSR count). The first-order valence-electron chi connectivity index (χ1n) is 8.08. The maximum absolute atomic E-state index is 5.83. The minimum atomic E-state index is 0.580. The van der Waals surface area contributed by atoms with Gasteiger partial charge in [-0.15, -0.1) is 0 Å². The lowest BCUT2D eigenvalue weighted by molar-refractivity contribution is 0.248. The molecule has 0 unspecified atom stereocenters. The molecule has 3 aromatic rings. The fourth-order valence-electron chi connectivity index (χ4n) is 2.42. The molecule has 0 aliphatic heterocycles. The van der Waals surface area contributed by atoms with Crippen molar-refractivity contribution in [3.05, 3.63) is 78.9 Å². The van der Waals surface area contributed by atoms with Gasteiger partial charge in [0, 0.05) is 6.42 Å². The summed E-state index contributed by atoms with van der Waals surface area (Å²) in [5.41, 5.74) is 8.89. The first-order chi connectivity index (χ1) is 11.8. The van der Waals surface area contributed by atoms with Crippen LogP contribution in [0.1, 0.15) is 6.42 Å². The zero-order valence-electron chi connectivity index (χ0n) is 13.5. The van der Waals surface area contributed by atoms with Crippen LogP contribution < -0.4 is 15.2 Å². The number of anilines is 1. The van der Waals surface area contributed by atoms with Crippen molar-refractivity contribution >= 4 is 5.69 Å². The second-order valence-electron chi connectivity index (χ2n) is 5.48. The van der Waals surface area contributed by atoms with Crippen molar-refractivity contribution in [3.8, 4) is 22.6 Å². The number of ether oxygens (including phenoxy) is 2. The Kier molecular flexibility index (Phi) is 5.36. The molecular formula is C21H21NO2. The molecule has 3 nitrogen and oxygen atoms in total. The molecule has 0 saturated carbocycles. The Bertz CT molecular complexity index is 754. The Hall–Kier alpha value is -2.94. The van der Waals surface area contributed by atoms with E-state index in [9.17, 15) is 0 Å². The highest BCUT2D eigenvalue weighted by atomic mass is 16.5. The SMILES string of the molecule is Nc1ccccc1OCCCOc1ccc(-c2ccccc2)cc1. The van der Waals surface area contributed by atoms with Crippen LogP contribution in [0.3, 0.4) is 0 Å². The van der Waals surface area contributed by atoms with E-state index in [0.717, 1.165) is 17.9 Å². The molecule has 0 fully saturated rings. The van der Waals surface area contributed by atoms with Crippen LogP contribution in [0, 0.1) is 0 Å². The van der Waals surface area contributed by atoms with Crippen LogP contribution in [-0.2, 0) is 0 Å². The number of hydrogen-bond acceptors (Lipinski definition) is 3. The number of benzene rings is 3. The molecule has 0 aromatic heterocycles. The second-order valence-corrected chi connectivity index (χ2v) is 5.48. The lowest BCUT2D eigenvalue weighted by Crippen LogP contribution is -2.06. The van der Waals surface area contributed by atoms with Gasteiger partial charge in [-0.1, -0.05) is 54.6 Å². The standard InChI is InChI=1S/C21H21NO2/c22-20-9-4-5-10-21(20)24-16-6-15-23-19-13-11-18(12-14-19)17-7-2-1-3-8-17/h1-5,7-14H,6,15-16,22H2. The highest BCUT2D eigenvalue weighted by molar-refractivity contribution is 5.63. The highest BCUT2D eigenvalue weighted by Gasteiger charge is 2.00. The first kappa shape index (κ1) is 15.9. The molecule has 0 amide bonds. The molecule has 0 spiro atoms. The topological polar surface area (TPSA) is 44.5 Å². The molecule has 0 radical (unpaired) electrons. The summed E-state index contributed by atoms with van der Waals surface area (Å²) in [5, 5.41) is 0. The molecule has 0 atom stereocenters. The fourth-order valence-corrected chi connectivity index (χ4v) is 2.42. The zero-order valence-corrected chi connectivity index (χ0v) is 13.5. The predicted octanol–water partition coefficient (Wildman–Crippen LogP) is 4.78. The lowest BCUT2D eigenvalue weighted by Gasteiger charge is -2.10. The maximum atomic E-state index is 5.83. The van der Waals surface area contributed by atoms with E-state index in [1.807, 2.05) is 54.6 Å². The van der Waals surface area contributed by atoms with Gasteiger partial charge in [0.2, 0.25) is 0 Å². The molecule has 0 aliphatic rings. The van der Waals surface area contributed by atoms with Gasteiger partial charge in [-0.25, -0.2) is 0 Å². The summed E-state index contributed by atoms with van der Waals surface area (Å²) in [6.45, 7) is 1.19. The van der Waals surface area contributed by atoms with Gasteiger partial charge in [0.25, 0.3) is 0 Å². The number of nitrogen functional groups attached to an aromatic ring is 1. The van der Waals surface area contributed by atoms with Crippen molar-refractivity contribution in [1.82, 2.24) is 0 Å². The summed E-state index contributed by atoms with van der Waals surface area (Å²) in [4.78, 5) is 0. The maximum Gasteiger partial charge on any atom is 0.142 e. The van der Waals surface area contributed by atoms with E-state index in [4.69, 9.17) is 15.2 Å². The minimum absolute atomic E-state index is 0.580. The van der Waals surface area contributed by atoms with Gasteiger partial charge in [0.1, 0.15) is 11.5 Å². The van der Waals surface area contributed by atoms with Crippen molar-refractivity contribution in [1.29, 1.82) is 0 Å². The molecular weight excluding hydrogens is 298 g/mol. The molecule has 0 heterocycles. The van der Waals surface area contributed by atoms with Crippen molar-refractivity contribution < 1.29 is 9.47 Å². The van der Waals surface area contributed by atoms with E-state index in [2.05, 4.69) is 24.3 Å². The average Bonchev–Trinajstić information content (AvgIpc) is 2.64. The summed E-state index contributed by atoms with van der Waals surface area (Å²) in [6.07, 6.45) is 0.800. The van der Waals surface area contributed by atoms with Crippen LogP contribution >= 0.6 is 0 Å². The zero-order chi connectivity index (χ0) is 16.6. The molecule has 122 valence electrons. The van der Waals surface area contributed by atoms with Crippen LogP contribution in [0.4, 0.5) is 5.69 Å². The summed E-state index contributed by atoms with van der Waals surface area (Å²) in [7, 11) is 0. The molecule has 0 aliphatic carbocycles. The van der Waals surface area contributed by atoms with Gasteiger partial charge in [-0.2, -0.15) is 0 Å². The molecule has 3 heteroatoms. The average molecular weight is 319 g/mol. The Morgan fingerprint density at radius 2 is 1.25 bits per heavy atom. The fraction of sp³-hybridized carbons (Fsp3) is 0.143. The van der Waals surface area contributed by atoms with E-state index in [-0.39, 0.29) is 0 Å². The second kappa shape index (κ2) is 8.06. The van der Waals surface area contributed by atoms with Crippen LogP contribution in [0.15, 0.2) is 78.9 Å². The van der Waals surface area contributed by atoms with Crippen molar-refractivity contribution in [2.24, 2.45) is 0 Å². The minimum Gasteiger partial charge on any atom is -0.493 e. The van der Waals surface area contributed by atoms with Crippen LogP contribution in [-0.4, -0.2) is 13.2 Å². The summed E-state index contributed by atoms with van der Waals surface area (Å²) < 4.78 is 11.4. The Morgan fingerprint density at radius 1 is 0.625 bits per heavy atom. The Morgan fingerprint density at radius 3 is 2.00 bits per heavy atom. The largest absolute Gasteiger partial charge is 0.493 e. The smallest absolute Gasteiger partial charge is 0.142 e. The summed E-state index contributed by atoms with van der Waals surface area (Å²) in [6, 6.07) is 26.0. The van der Waals surface area contributed by atoms with Gasteiger partial charge >= 0.3 is 0 Å². The van der Waals surface area contributed by atoms with Crippen LogP contribution in [0.5, 0.6) is 11.5 Å². The number of para-hydroxylation sites is 2. The van der Waals surface area contributed by atoms with E-state index < -0.39 is 0 Å². The van der Waals surface area contributed by atoms with E-state index in [1.54, 1.807) is 0 Å². The van der Waals surface area contributed by atoms with E-state index >= 15 is 0 Å². The van der Waals surface area contributed by atoms with Crippen molar-refractivity contribution in [2.45, 2.75) is 6.42 Å². The van der Waals surface area contributed by atoms with E-state index in [1.165, 1.54) is 11.1 Å². The highest BCUT2D eigenvalue weighted by Crippen LogP contribution is 2.22. The number of hydrogen-bond donors (Lipinski definition) is 1. The summed E-state index contributed by atoms with van der Waals surface area (Å²) in [5.74, 6) is 1.60. The third-order valence-electron chi connectivity index (χ3n) is 3.70. The van der Waals surface area contributed by atoms with Gasteiger partial charge in [0.15, 0.2) is 0 Å². The van der Waals surface area contributed by atoms with Gasteiger partial charge in [-0.3, -0.25) is 0 Å². The third kappa shape index (κ3) is 4.29.